The molecule has 0 bridgehead atoms. The molecule has 1 aromatic carbocycles. The van der Waals surface area contributed by atoms with Gasteiger partial charge < -0.3 is 11.1 Å². The maximum atomic E-state index is 12.7. The van der Waals surface area contributed by atoms with E-state index in [1.165, 1.54) is 16.9 Å². The number of nitrogens with two attached hydrogens (primary N) is 1. The van der Waals surface area contributed by atoms with Crippen molar-refractivity contribution in [3.05, 3.63) is 69.9 Å². The summed E-state index contributed by atoms with van der Waals surface area (Å²) < 4.78 is 1.62. The van der Waals surface area contributed by atoms with Crippen molar-refractivity contribution in [2.45, 2.75) is 33.0 Å². The number of nitrogens with zero attached hydrogens (tertiary/aromatic N) is 3. The van der Waals surface area contributed by atoms with E-state index in [0.29, 0.717) is 22.8 Å². The fourth-order valence-corrected chi connectivity index (χ4v) is 5.02. The first kappa shape index (κ1) is 22.0. The molecule has 4 rings (SSSR count). The molecule has 0 spiro atoms. The lowest BCUT2D eigenvalue weighted by Crippen LogP contribution is -2.30. The topological polar surface area (TPSA) is 93.2 Å². The molecule has 0 radical (unpaired) electrons. The Bertz CT molecular complexity index is 1050. The summed E-state index contributed by atoms with van der Waals surface area (Å²) in [6.45, 7) is 4.94. The van der Waals surface area contributed by atoms with Gasteiger partial charge >= 0.3 is 0 Å². The monoisotopic (exact) mass is 445 g/mol. The molecule has 3 aromatic rings. The number of carbonyl (C=O) groups is 2. The third-order valence-electron chi connectivity index (χ3n) is 5.11. The number of nitrogens with one attached hydrogen (secondary N) is 1. The number of benzene rings is 1. The SMILES string of the molecule is CCn1nccc1C(=O)Nc1sc2c(c1C(N)=O)CCN(Cc1ccccc1)C2.Cl. The summed E-state index contributed by atoms with van der Waals surface area (Å²) in [5.41, 5.74) is 8.80. The Morgan fingerprint density at radius 3 is 2.70 bits per heavy atom. The lowest BCUT2D eigenvalue weighted by molar-refractivity contribution is 0.0999. The molecule has 0 atom stereocenters. The average Bonchev–Trinajstić information content (AvgIpc) is 3.32. The second-order valence-electron chi connectivity index (χ2n) is 7.00. The number of aromatic nitrogens is 2. The first-order valence-electron chi connectivity index (χ1n) is 9.60. The summed E-state index contributed by atoms with van der Waals surface area (Å²) in [5.74, 6) is -0.787. The average molecular weight is 446 g/mol. The van der Waals surface area contributed by atoms with Crippen LogP contribution in [0.25, 0.3) is 0 Å². The second-order valence-corrected chi connectivity index (χ2v) is 8.11. The van der Waals surface area contributed by atoms with Crippen LogP contribution in [0.1, 0.15) is 43.8 Å². The third-order valence-corrected chi connectivity index (χ3v) is 6.24. The van der Waals surface area contributed by atoms with E-state index in [2.05, 4.69) is 27.4 Å². The number of hydrogen-bond donors (Lipinski definition) is 2. The van der Waals surface area contributed by atoms with Gasteiger partial charge in [-0.1, -0.05) is 30.3 Å². The van der Waals surface area contributed by atoms with E-state index in [1.54, 1.807) is 16.9 Å². The van der Waals surface area contributed by atoms with Gasteiger partial charge in [0, 0.05) is 37.3 Å². The lowest BCUT2D eigenvalue weighted by Gasteiger charge is -2.27. The van der Waals surface area contributed by atoms with Crippen LogP contribution in [0.5, 0.6) is 0 Å². The predicted octanol–water partition coefficient (Wildman–Crippen LogP) is 3.30. The molecule has 1 aliphatic heterocycles. The Morgan fingerprint density at radius 2 is 2.00 bits per heavy atom. The minimum Gasteiger partial charge on any atom is -0.365 e. The Kier molecular flexibility index (Phi) is 6.91. The first-order chi connectivity index (χ1) is 14.1. The maximum Gasteiger partial charge on any atom is 0.274 e. The number of primary amides is 1. The zero-order valence-corrected chi connectivity index (χ0v) is 18.3. The van der Waals surface area contributed by atoms with E-state index in [-0.39, 0.29) is 18.3 Å². The molecular weight excluding hydrogens is 422 g/mol. The van der Waals surface area contributed by atoms with Crippen molar-refractivity contribution < 1.29 is 9.59 Å². The summed E-state index contributed by atoms with van der Waals surface area (Å²) >= 11 is 1.44. The zero-order chi connectivity index (χ0) is 20.4. The van der Waals surface area contributed by atoms with Crippen LogP contribution in [0.2, 0.25) is 0 Å². The highest BCUT2D eigenvalue weighted by molar-refractivity contribution is 7.17. The molecule has 0 fully saturated rings. The molecule has 1 aliphatic rings. The van der Waals surface area contributed by atoms with Gasteiger partial charge in [0.1, 0.15) is 10.7 Å². The standard InChI is InChI=1S/C21H23N5O2S.ClH/c1-2-26-16(8-10-23-26)20(28)24-21-18(19(22)27)15-9-11-25(13-17(15)29-21)12-14-6-4-3-5-7-14;/h3-8,10H,2,9,11-13H2,1H3,(H2,22,27)(H,24,28);1H. The number of fused-ring (bicyclic) bond motifs is 1. The third kappa shape index (κ3) is 4.40. The van der Waals surface area contributed by atoms with Crippen LogP contribution in [0.4, 0.5) is 5.00 Å². The van der Waals surface area contributed by atoms with E-state index >= 15 is 0 Å². The largest absolute Gasteiger partial charge is 0.365 e. The van der Waals surface area contributed by atoms with Gasteiger partial charge in [-0.3, -0.25) is 19.2 Å². The lowest BCUT2D eigenvalue weighted by atomic mass is 10.0. The number of aryl methyl sites for hydroxylation is 1. The molecule has 3 N–H and O–H groups in total. The van der Waals surface area contributed by atoms with Gasteiger partial charge in [0.2, 0.25) is 0 Å². The summed E-state index contributed by atoms with van der Waals surface area (Å²) in [4.78, 5) is 28.3. The van der Waals surface area contributed by atoms with Crippen LogP contribution < -0.4 is 11.1 Å². The van der Waals surface area contributed by atoms with Crippen LogP contribution in [0.15, 0.2) is 42.6 Å². The van der Waals surface area contributed by atoms with E-state index in [1.807, 2.05) is 25.1 Å². The van der Waals surface area contributed by atoms with Crippen molar-refractivity contribution in [3.63, 3.8) is 0 Å². The van der Waals surface area contributed by atoms with Gasteiger partial charge in [-0.15, -0.1) is 23.7 Å². The van der Waals surface area contributed by atoms with Crippen molar-refractivity contribution in [1.82, 2.24) is 14.7 Å². The summed E-state index contributed by atoms with van der Waals surface area (Å²) in [6.07, 6.45) is 2.33. The van der Waals surface area contributed by atoms with Crippen LogP contribution in [0.3, 0.4) is 0 Å². The first-order valence-corrected chi connectivity index (χ1v) is 10.4. The normalized spacial score (nSPS) is 13.4. The molecule has 0 saturated heterocycles. The molecule has 0 saturated carbocycles. The van der Waals surface area contributed by atoms with E-state index in [0.717, 1.165) is 36.5 Å². The van der Waals surface area contributed by atoms with Crippen molar-refractivity contribution in [3.8, 4) is 0 Å². The fraction of sp³-hybridized carbons (Fsp3) is 0.286. The molecule has 3 heterocycles. The van der Waals surface area contributed by atoms with Gasteiger partial charge in [-0.25, -0.2) is 0 Å². The van der Waals surface area contributed by atoms with E-state index in [9.17, 15) is 9.59 Å². The van der Waals surface area contributed by atoms with E-state index in [4.69, 9.17) is 5.73 Å². The minimum absolute atomic E-state index is 0. The second kappa shape index (κ2) is 9.42. The zero-order valence-electron chi connectivity index (χ0n) is 16.6. The number of amides is 2. The quantitative estimate of drug-likeness (QED) is 0.608. The maximum absolute atomic E-state index is 12.7. The summed E-state index contributed by atoms with van der Waals surface area (Å²) in [6, 6.07) is 12.0. The van der Waals surface area contributed by atoms with Crippen molar-refractivity contribution in [2.24, 2.45) is 5.73 Å². The highest BCUT2D eigenvalue weighted by Crippen LogP contribution is 2.37. The Labute approximate surface area is 185 Å². The van der Waals surface area contributed by atoms with Crippen LogP contribution in [-0.2, 0) is 26.1 Å². The fourth-order valence-electron chi connectivity index (χ4n) is 3.73. The predicted molar refractivity (Wildman–Crippen MR) is 120 cm³/mol. The highest BCUT2D eigenvalue weighted by atomic mass is 35.5. The molecule has 30 heavy (non-hydrogen) atoms. The van der Waals surface area contributed by atoms with Crippen LogP contribution in [-0.4, -0.2) is 33.0 Å². The van der Waals surface area contributed by atoms with Gasteiger partial charge in [0.15, 0.2) is 0 Å². The number of halogens is 1. The van der Waals surface area contributed by atoms with Crippen LogP contribution in [0, 0.1) is 0 Å². The highest BCUT2D eigenvalue weighted by Gasteiger charge is 2.28. The minimum atomic E-state index is -0.502. The molecule has 158 valence electrons. The number of thiophene rings is 1. The molecule has 2 amide bonds. The molecule has 2 aromatic heterocycles. The van der Waals surface area contributed by atoms with Crippen molar-refractivity contribution >= 4 is 40.6 Å². The van der Waals surface area contributed by atoms with E-state index < -0.39 is 5.91 Å². The Balaban J connectivity index is 0.00000256. The number of hydrogen-bond acceptors (Lipinski definition) is 5. The molecule has 9 heteroatoms. The Hall–Kier alpha value is -2.68. The smallest absolute Gasteiger partial charge is 0.274 e. The number of rotatable bonds is 6. The summed E-state index contributed by atoms with van der Waals surface area (Å²) in [7, 11) is 0. The summed E-state index contributed by atoms with van der Waals surface area (Å²) in [5, 5.41) is 7.55. The van der Waals surface area contributed by atoms with Gasteiger partial charge in [0.25, 0.3) is 11.8 Å². The van der Waals surface area contributed by atoms with Gasteiger partial charge in [0.05, 0.1) is 5.56 Å². The van der Waals surface area contributed by atoms with Crippen molar-refractivity contribution in [1.29, 1.82) is 0 Å². The van der Waals surface area contributed by atoms with Gasteiger partial charge in [-0.2, -0.15) is 5.10 Å². The van der Waals surface area contributed by atoms with Crippen molar-refractivity contribution in [2.75, 3.05) is 11.9 Å². The van der Waals surface area contributed by atoms with Crippen LogP contribution >= 0.6 is 23.7 Å². The molecule has 7 nitrogen and oxygen atoms in total. The molecular formula is C21H24ClN5O2S. The number of anilines is 1. The molecule has 0 unspecified atom stereocenters. The Morgan fingerprint density at radius 1 is 1.23 bits per heavy atom. The van der Waals surface area contributed by atoms with Gasteiger partial charge in [-0.05, 0) is 30.5 Å². The molecule has 0 aliphatic carbocycles. The number of carbonyl (C=O) groups excluding carboxylic acids is 2.